The minimum atomic E-state index is -0.553. The SMILES string of the molecule is Cc1ccccc1C(C(C)C)N(C)C(=O)c1cc(C(N)=O)c[nH]1. The standard InChI is InChI=1S/C18H23N3O2/c1-11(2)16(14-8-6-5-7-12(14)3)21(4)18(23)15-9-13(10-20-15)17(19)22/h5-11,16,20H,1-4H3,(H2,19,22). The summed E-state index contributed by atoms with van der Waals surface area (Å²) >= 11 is 0. The predicted molar refractivity (Wildman–Crippen MR) is 90.2 cm³/mol. The first-order chi connectivity index (χ1) is 10.8. The quantitative estimate of drug-likeness (QED) is 0.890. The molecule has 0 bridgehead atoms. The first-order valence-corrected chi connectivity index (χ1v) is 7.63. The molecule has 2 amide bonds. The van der Waals surface area contributed by atoms with E-state index in [0.29, 0.717) is 11.3 Å². The minimum Gasteiger partial charge on any atom is -0.366 e. The molecule has 122 valence electrons. The van der Waals surface area contributed by atoms with E-state index in [1.165, 1.54) is 12.3 Å². The van der Waals surface area contributed by atoms with Crippen molar-refractivity contribution in [2.45, 2.75) is 26.8 Å². The van der Waals surface area contributed by atoms with Gasteiger partial charge in [-0.05, 0) is 30.0 Å². The van der Waals surface area contributed by atoms with Crippen molar-refractivity contribution in [3.63, 3.8) is 0 Å². The lowest BCUT2D eigenvalue weighted by Gasteiger charge is -2.32. The van der Waals surface area contributed by atoms with Crippen molar-refractivity contribution >= 4 is 11.8 Å². The van der Waals surface area contributed by atoms with Crippen LogP contribution in [0.2, 0.25) is 0 Å². The van der Waals surface area contributed by atoms with Crippen molar-refractivity contribution in [2.75, 3.05) is 7.05 Å². The fourth-order valence-electron chi connectivity index (χ4n) is 2.91. The summed E-state index contributed by atoms with van der Waals surface area (Å²) in [5, 5.41) is 0. The molecule has 0 saturated heterocycles. The highest BCUT2D eigenvalue weighted by atomic mass is 16.2. The number of hydrogen-bond donors (Lipinski definition) is 2. The topological polar surface area (TPSA) is 79.2 Å². The van der Waals surface area contributed by atoms with Crippen LogP contribution in [0.25, 0.3) is 0 Å². The lowest BCUT2D eigenvalue weighted by atomic mass is 9.91. The second-order valence-corrected chi connectivity index (χ2v) is 6.13. The average molecular weight is 313 g/mol. The van der Waals surface area contributed by atoms with Crippen LogP contribution in [0.4, 0.5) is 0 Å². The molecule has 0 radical (unpaired) electrons. The Morgan fingerprint density at radius 3 is 2.39 bits per heavy atom. The number of aromatic amines is 1. The number of nitrogens with one attached hydrogen (secondary N) is 1. The molecule has 2 aromatic rings. The molecule has 1 aromatic carbocycles. The number of hydrogen-bond acceptors (Lipinski definition) is 2. The molecule has 1 unspecified atom stereocenters. The van der Waals surface area contributed by atoms with Crippen LogP contribution in [0, 0.1) is 12.8 Å². The summed E-state index contributed by atoms with van der Waals surface area (Å²) in [6, 6.07) is 9.51. The van der Waals surface area contributed by atoms with Gasteiger partial charge >= 0.3 is 0 Å². The number of benzene rings is 1. The van der Waals surface area contributed by atoms with Gasteiger partial charge in [0.25, 0.3) is 5.91 Å². The number of aryl methyl sites for hydroxylation is 1. The van der Waals surface area contributed by atoms with Gasteiger partial charge in [0, 0.05) is 13.2 Å². The van der Waals surface area contributed by atoms with E-state index in [-0.39, 0.29) is 17.9 Å². The highest BCUT2D eigenvalue weighted by Gasteiger charge is 2.27. The van der Waals surface area contributed by atoms with E-state index < -0.39 is 5.91 Å². The van der Waals surface area contributed by atoms with Gasteiger partial charge in [0.05, 0.1) is 11.6 Å². The minimum absolute atomic E-state index is 0.0518. The van der Waals surface area contributed by atoms with Crippen LogP contribution >= 0.6 is 0 Å². The van der Waals surface area contributed by atoms with Gasteiger partial charge in [0.2, 0.25) is 5.91 Å². The van der Waals surface area contributed by atoms with Crippen molar-refractivity contribution in [3.8, 4) is 0 Å². The normalized spacial score (nSPS) is 12.2. The Balaban J connectivity index is 2.34. The third-order valence-corrected chi connectivity index (χ3v) is 4.07. The molecule has 1 heterocycles. The molecule has 0 fully saturated rings. The molecular weight excluding hydrogens is 290 g/mol. The average Bonchev–Trinajstić information content (AvgIpc) is 2.98. The maximum absolute atomic E-state index is 12.8. The van der Waals surface area contributed by atoms with Crippen molar-refractivity contribution < 1.29 is 9.59 Å². The van der Waals surface area contributed by atoms with E-state index >= 15 is 0 Å². The molecule has 5 nitrogen and oxygen atoms in total. The Kier molecular flexibility index (Phi) is 4.89. The molecule has 0 aliphatic rings. The van der Waals surface area contributed by atoms with E-state index in [0.717, 1.165) is 11.1 Å². The zero-order valence-corrected chi connectivity index (χ0v) is 14.0. The van der Waals surface area contributed by atoms with E-state index in [2.05, 4.69) is 18.8 Å². The molecule has 23 heavy (non-hydrogen) atoms. The van der Waals surface area contributed by atoms with Gasteiger partial charge in [-0.2, -0.15) is 0 Å². The maximum Gasteiger partial charge on any atom is 0.270 e. The van der Waals surface area contributed by atoms with Crippen molar-refractivity contribution in [1.82, 2.24) is 9.88 Å². The lowest BCUT2D eigenvalue weighted by molar-refractivity contribution is 0.0681. The zero-order valence-electron chi connectivity index (χ0n) is 14.0. The molecule has 0 spiro atoms. The maximum atomic E-state index is 12.8. The summed E-state index contributed by atoms with van der Waals surface area (Å²) in [6.45, 7) is 6.22. The first kappa shape index (κ1) is 16.8. The number of nitrogens with two attached hydrogens (primary N) is 1. The van der Waals surface area contributed by atoms with E-state index in [1.807, 2.05) is 31.2 Å². The number of rotatable bonds is 5. The smallest absolute Gasteiger partial charge is 0.270 e. The molecule has 3 N–H and O–H groups in total. The summed E-state index contributed by atoms with van der Waals surface area (Å²) in [5.74, 6) is -0.475. The number of carbonyl (C=O) groups is 2. The summed E-state index contributed by atoms with van der Waals surface area (Å²) in [4.78, 5) is 28.5. The number of amides is 2. The van der Waals surface area contributed by atoms with Crippen LogP contribution < -0.4 is 5.73 Å². The molecule has 5 heteroatoms. The molecule has 0 aliphatic heterocycles. The van der Waals surface area contributed by atoms with Crippen LogP contribution in [0.5, 0.6) is 0 Å². The van der Waals surface area contributed by atoms with Crippen molar-refractivity contribution in [1.29, 1.82) is 0 Å². The van der Waals surface area contributed by atoms with Crippen LogP contribution in [-0.4, -0.2) is 28.7 Å². The monoisotopic (exact) mass is 313 g/mol. The zero-order chi connectivity index (χ0) is 17.1. The Morgan fingerprint density at radius 2 is 1.87 bits per heavy atom. The van der Waals surface area contributed by atoms with Gasteiger partial charge in [-0.1, -0.05) is 38.1 Å². The number of primary amides is 1. The van der Waals surface area contributed by atoms with Crippen molar-refractivity contribution in [2.24, 2.45) is 11.7 Å². The third kappa shape index (κ3) is 3.44. The number of carbonyl (C=O) groups excluding carboxylic acids is 2. The lowest BCUT2D eigenvalue weighted by Crippen LogP contribution is -2.34. The highest BCUT2D eigenvalue weighted by molar-refractivity contribution is 5.98. The van der Waals surface area contributed by atoms with Gasteiger partial charge in [0.1, 0.15) is 5.69 Å². The van der Waals surface area contributed by atoms with Gasteiger partial charge < -0.3 is 15.6 Å². The third-order valence-electron chi connectivity index (χ3n) is 4.07. The van der Waals surface area contributed by atoms with Crippen molar-refractivity contribution in [3.05, 3.63) is 58.9 Å². The molecule has 0 saturated carbocycles. The van der Waals surface area contributed by atoms with E-state index in [9.17, 15) is 9.59 Å². The van der Waals surface area contributed by atoms with Crippen LogP contribution in [0.15, 0.2) is 36.5 Å². The Bertz CT molecular complexity index is 719. The number of nitrogens with zero attached hydrogens (tertiary/aromatic N) is 1. The summed E-state index contributed by atoms with van der Waals surface area (Å²) in [5.41, 5.74) is 8.18. The Labute approximate surface area is 136 Å². The van der Waals surface area contributed by atoms with Gasteiger partial charge in [-0.15, -0.1) is 0 Å². The van der Waals surface area contributed by atoms with Gasteiger partial charge in [-0.25, -0.2) is 0 Å². The fourth-order valence-corrected chi connectivity index (χ4v) is 2.91. The molecule has 1 atom stereocenters. The molecule has 2 rings (SSSR count). The highest BCUT2D eigenvalue weighted by Crippen LogP contribution is 2.30. The largest absolute Gasteiger partial charge is 0.366 e. The second-order valence-electron chi connectivity index (χ2n) is 6.13. The van der Waals surface area contributed by atoms with E-state index in [4.69, 9.17) is 5.73 Å². The Morgan fingerprint density at radius 1 is 1.22 bits per heavy atom. The molecule has 1 aromatic heterocycles. The first-order valence-electron chi connectivity index (χ1n) is 7.63. The van der Waals surface area contributed by atoms with E-state index in [1.54, 1.807) is 11.9 Å². The van der Waals surface area contributed by atoms with Gasteiger partial charge in [-0.3, -0.25) is 9.59 Å². The van der Waals surface area contributed by atoms with Crippen LogP contribution in [0.3, 0.4) is 0 Å². The molecular formula is C18H23N3O2. The van der Waals surface area contributed by atoms with Crippen LogP contribution in [0.1, 0.15) is 51.9 Å². The number of aromatic nitrogens is 1. The fraction of sp³-hybridized carbons (Fsp3) is 0.333. The van der Waals surface area contributed by atoms with Crippen LogP contribution in [-0.2, 0) is 0 Å². The molecule has 0 aliphatic carbocycles. The Hall–Kier alpha value is -2.56. The van der Waals surface area contributed by atoms with Gasteiger partial charge in [0.15, 0.2) is 0 Å². The summed E-state index contributed by atoms with van der Waals surface area (Å²) in [6.07, 6.45) is 1.46. The summed E-state index contributed by atoms with van der Waals surface area (Å²) in [7, 11) is 1.78. The predicted octanol–water partition coefficient (Wildman–Crippen LogP) is 2.89. The summed E-state index contributed by atoms with van der Waals surface area (Å²) < 4.78 is 0. The number of H-pyrrole nitrogens is 1. The second kappa shape index (κ2) is 6.69.